The van der Waals surface area contributed by atoms with Crippen molar-refractivity contribution in [3.8, 4) is 11.5 Å². The van der Waals surface area contributed by atoms with Crippen LogP contribution in [0.1, 0.15) is 27.4 Å². The number of carbonyl (C=O) groups is 1. The van der Waals surface area contributed by atoms with Crippen molar-refractivity contribution < 1.29 is 19.0 Å². The number of benzene rings is 2. The fourth-order valence-corrected chi connectivity index (χ4v) is 3.44. The van der Waals surface area contributed by atoms with Crippen molar-refractivity contribution in [3.05, 3.63) is 91.5 Å². The molecule has 1 N–H and O–H groups in total. The summed E-state index contributed by atoms with van der Waals surface area (Å²) in [5.74, 6) is 0.415. The molecule has 0 saturated heterocycles. The summed E-state index contributed by atoms with van der Waals surface area (Å²) < 4.78 is 12.5. The first-order valence-electron chi connectivity index (χ1n) is 9.87. The van der Waals surface area contributed by atoms with Crippen LogP contribution in [-0.2, 0) is 6.54 Å². The topological polar surface area (TPSA) is 125 Å². The zero-order chi connectivity index (χ0) is 24.4. The Labute approximate surface area is 203 Å². The predicted molar refractivity (Wildman–Crippen MR) is 125 cm³/mol. The Hall–Kier alpha value is -3.89. The summed E-state index contributed by atoms with van der Waals surface area (Å²) in [4.78, 5) is 23.8. The zero-order valence-corrected chi connectivity index (χ0v) is 19.4. The summed E-state index contributed by atoms with van der Waals surface area (Å²) in [7, 11) is 0. The highest BCUT2D eigenvalue weighted by Gasteiger charge is 2.22. The van der Waals surface area contributed by atoms with Gasteiger partial charge in [0.2, 0.25) is 0 Å². The number of hydrogen-bond acceptors (Lipinski definition) is 7. The Bertz CT molecular complexity index is 1400. The molecule has 0 saturated carbocycles. The molecule has 0 radical (unpaired) electrons. The largest absolute Gasteiger partial charge is 0.457 e. The highest BCUT2D eigenvalue weighted by atomic mass is 35.5. The van der Waals surface area contributed by atoms with Crippen LogP contribution in [-0.4, -0.2) is 25.8 Å². The van der Waals surface area contributed by atoms with Crippen LogP contribution in [0, 0.1) is 24.0 Å². The van der Waals surface area contributed by atoms with E-state index < -0.39 is 10.8 Å². The van der Waals surface area contributed by atoms with Crippen molar-refractivity contribution in [2.24, 2.45) is 0 Å². The van der Waals surface area contributed by atoms with Crippen molar-refractivity contribution in [1.82, 2.24) is 14.9 Å². The number of non-ortho nitro benzene ring substituents is 1. The molecule has 1 amide bonds. The molecule has 0 bridgehead atoms. The van der Waals surface area contributed by atoms with Gasteiger partial charge in [0, 0.05) is 28.9 Å². The second-order valence-electron chi connectivity index (χ2n) is 7.36. The minimum absolute atomic E-state index is 0.0198. The molecule has 12 heteroatoms. The molecule has 174 valence electrons. The number of amides is 1. The average molecular weight is 502 g/mol. The van der Waals surface area contributed by atoms with E-state index >= 15 is 0 Å². The van der Waals surface area contributed by atoms with Crippen molar-refractivity contribution in [1.29, 1.82) is 0 Å². The number of hydrogen-bond donors (Lipinski definition) is 1. The number of nitrogens with zero attached hydrogens (tertiary/aromatic N) is 4. The number of nitro benzene ring substituents is 1. The van der Waals surface area contributed by atoms with Crippen LogP contribution < -0.4 is 10.1 Å². The number of nitrogens with one attached hydrogen (secondary N) is 1. The van der Waals surface area contributed by atoms with Gasteiger partial charge in [-0.25, -0.2) is 0 Å². The lowest BCUT2D eigenvalue weighted by Crippen LogP contribution is -2.16. The lowest BCUT2D eigenvalue weighted by atomic mass is 10.1. The smallest absolute Gasteiger partial charge is 0.278 e. The Morgan fingerprint density at radius 1 is 1.21 bits per heavy atom. The number of halogens is 2. The first-order chi connectivity index (χ1) is 16.2. The van der Waals surface area contributed by atoms with Gasteiger partial charge in [0.15, 0.2) is 5.69 Å². The van der Waals surface area contributed by atoms with Gasteiger partial charge in [0.1, 0.15) is 17.3 Å². The highest BCUT2D eigenvalue weighted by Crippen LogP contribution is 2.31. The molecular formula is C22H17Cl2N5O5. The van der Waals surface area contributed by atoms with Gasteiger partial charge in [-0.1, -0.05) is 28.4 Å². The molecule has 0 unspecified atom stereocenters. The van der Waals surface area contributed by atoms with E-state index in [1.165, 1.54) is 29.1 Å². The first-order valence-corrected chi connectivity index (χ1v) is 10.6. The molecule has 0 aliphatic heterocycles. The monoisotopic (exact) mass is 501 g/mol. The Morgan fingerprint density at radius 3 is 2.68 bits per heavy atom. The van der Waals surface area contributed by atoms with Gasteiger partial charge in [-0.2, -0.15) is 5.10 Å². The van der Waals surface area contributed by atoms with E-state index in [-0.39, 0.29) is 29.4 Å². The molecule has 2 heterocycles. The first kappa shape index (κ1) is 23.3. The number of rotatable bonds is 7. The standard InChI is InChI=1S/C22H17Cl2N5O5/c1-12-5-17(3-4-20(12)24)33-18-7-15(6-16(8-18)29(31)32)26-22(30)21-19(13(2)34-27-21)11-28-10-14(23)9-25-28/h3-10H,11H2,1-2H3,(H,26,30). The van der Waals surface area contributed by atoms with Crippen LogP contribution in [0.4, 0.5) is 11.4 Å². The molecule has 0 spiro atoms. The van der Waals surface area contributed by atoms with E-state index in [0.29, 0.717) is 27.1 Å². The third-order valence-corrected chi connectivity index (χ3v) is 5.47. The van der Waals surface area contributed by atoms with E-state index in [1.54, 1.807) is 31.3 Å². The van der Waals surface area contributed by atoms with Gasteiger partial charge in [-0.15, -0.1) is 0 Å². The lowest BCUT2D eigenvalue weighted by Gasteiger charge is -2.10. The molecule has 2 aromatic heterocycles. The van der Waals surface area contributed by atoms with Crippen molar-refractivity contribution in [2.45, 2.75) is 20.4 Å². The van der Waals surface area contributed by atoms with E-state index in [2.05, 4.69) is 15.6 Å². The zero-order valence-electron chi connectivity index (χ0n) is 17.9. The highest BCUT2D eigenvalue weighted by molar-refractivity contribution is 6.31. The molecule has 34 heavy (non-hydrogen) atoms. The Kier molecular flexibility index (Phi) is 6.53. The van der Waals surface area contributed by atoms with Crippen LogP contribution in [0.15, 0.2) is 53.3 Å². The second-order valence-corrected chi connectivity index (χ2v) is 8.21. The number of anilines is 1. The maximum Gasteiger partial charge on any atom is 0.278 e. The number of carbonyl (C=O) groups excluding carboxylic acids is 1. The fraction of sp³-hybridized carbons (Fsp3) is 0.136. The molecular weight excluding hydrogens is 485 g/mol. The molecule has 4 aromatic rings. The maximum atomic E-state index is 13.0. The second kappa shape index (κ2) is 9.54. The summed E-state index contributed by atoms with van der Waals surface area (Å²) in [6.45, 7) is 3.67. The molecule has 0 aliphatic rings. The molecule has 2 aromatic carbocycles. The summed E-state index contributed by atoms with van der Waals surface area (Å²) in [6, 6.07) is 8.94. The summed E-state index contributed by atoms with van der Waals surface area (Å²) in [5, 5.41) is 23.0. The predicted octanol–water partition coefficient (Wildman–Crippen LogP) is 5.80. The summed E-state index contributed by atoms with van der Waals surface area (Å²) >= 11 is 11.9. The van der Waals surface area contributed by atoms with E-state index in [0.717, 1.165) is 5.56 Å². The quantitative estimate of drug-likeness (QED) is 0.250. The number of nitro groups is 1. The van der Waals surface area contributed by atoms with E-state index in [9.17, 15) is 14.9 Å². The van der Waals surface area contributed by atoms with Gasteiger partial charge < -0.3 is 14.6 Å². The van der Waals surface area contributed by atoms with Gasteiger partial charge >= 0.3 is 0 Å². The SMILES string of the molecule is Cc1cc(Oc2cc(NC(=O)c3noc(C)c3Cn3cc(Cl)cn3)cc([N+](=O)[O-])c2)ccc1Cl. The summed E-state index contributed by atoms with van der Waals surface area (Å²) in [5.41, 5.74) is 1.18. The van der Waals surface area contributed by atoms with Gasteiger partial charge in [-0.3, -0.25) is 19.6 Å². The lowest BCUT2D eigenvalue weighted by molar-refractivity contribution is -0.384. The van der Waals surface area contributed by atoms with Crippen molar-refractivity contribution in [2.75, 3.05) is 5.32 Å². The van der Waals surface area contributed by atoms with Gasteiger partial charge in [-0.05, 0) is 37.6 Å². The normalized spacial score (nSPS) is 10.8. The fourth-order valence-electron chi connectivity index (χ4n) is 3.17. The Balaban J connectivity index is 1.60. The molecule has 0 atom stereocenters. The third-order valence-electron chi connectivity index (χ3n) is 4.85. The molecule has 0 fully saturated rings. The number of aryl methyl sites for hydroxylation is 2. The third kappa shape index (κ3) is 5.19. The van der Waals surface area contributed by atoms with Gasteiger partial charge in [0.25, 0.3) is 11.6 Å². The maximum absolute atomic E-state index is 13.0. The minimum Gasteiger partial charge on any atom is -0.457 e. The Morgan fingerprint density at radius 2 is 2.00 bits per heavy atom. The van der Waals surface area contributed by atoms with E-state index in [4.69, 9.17) is 32.5 Å². The molecule has 4 rings (SSSR count). The van der Waals surface area contributed by atoms with Crippen LogP contribution in [0.5, 0.6) is 11.5 Å². The number of ether oxygens (including phenoxy) is 1. The molecule has 10 nitrogen and oxygen atoms in total. The van der Waals surface area contributed by atoms with Crippen LogP contribution in [0.2, 0.25) is 10.0 Å². The van der Waals surface area contributed by atoms with Crippen LogP contribution >= 0.6 is 23.2 Å². The molecule has 0 aliphatic carbocycles. The van der Waals surface area contributed by atoms with E-state index in [1.807, 2.05) is 6.92 Å². The van der Waals surface area contributed by atoms with Crippen LogP contribution in [0.25, 0.3) is 0 Å². The summed E-state index contributed by atoms with van der Waals surface area (Å²) in [6.07, 6.45) is 3.06. The minimum atomic E-state index is -0.612. The number of aromatic nitrogens is 3. The van der Waals surface area contributed by atoms with Gasteiger partial charge in [0.05, 0.1) is 34.4 Å². The van der Waals surface area contributed by atoms with Crippen molar-refractivity contribution >= 4 is 40.5 Å². The average Bonchev–Trinajstić information content (AvgIpc) is 3.36. The van der Waals surface area contributed by atoms with Crippen LogP contribution in [0.3, 0.4) is 0 Å². The van der Waals surface area contributed by atoms with Crippen molar-refractivity contribution in [3.63, 3.8) is 0 Å².